The summed E-state index contributed by atoms with van der Waals surface area (Å²) in [5, 5.41) is 6.68. The Labute approximate surface area is 140 Å². The molecule has 0 saturated heterocycles. The first-order valence-corrected chi connectivity index (χ1v) is 7.50. The molecule has 0 aliphatic carbocycles. The molecule has 0 unspecified atom stereocenters. The van der Waals surface area contributed by atoms with E-state index in [0.717, 1.165) is 12.1 Å². The molecule has 2 heterocycles. The molecule has 0 atom stereocenters. The van der Waals surface area contributed by atoms with Crippen molar-refractivity contribution in [2.24, 2.45) is 0 Å². The maximum atomic E-state index is 13.0. The maximum absolute atomic E-state index is 13.0. The minimum absolute atomic E-state index is 0.264. The van der Waals surface area contributed by atoms with Crippen molar-refractivity contribution >= 4 is 22.4 Å². The monoisotopic (exact) mass is 350 g/mol. The molecule has 0 amide bonds. The Kier molecular flexibility index (Phi) is 4.69. The number of nitrogens with one attached hydrogen (secondary N) is 2. The molecule has 0 aliphatic rings. The average molecular weight is 350 g/mol. The molecule has 3 aromatic rings. The molecule has 0 bridgehead atoms. The number of aromatic nitrogens is 2. The first-order valence-electron chi connectivity index (χ1n) is 7.50. The summed E-state index contributed by atoms with van der Waals surface area (Å²) < 4.78 is 51.3. The van der Waals surface area contributed by atoms with Crippen LogP contribution in [-0.2, 0) is 6.18 Å². The van der Waals surface area contributed by atoms with Gasteiger partial charge in [-0.1, -0.05) is 12.1 Å². The number of nitrogens with zero attached hydrogens (tertiary/aromatic N) is 2. The van der Waals surface area contributed by atoms with E-state index in [2.05, 4.69) is 20.6 Å². The van der Waals surface area contributed by atoms with Gasteiger partial charge in [0.1, 0.15) is 5.82 Å². The molecule has 25 heavy (non-hydrogen) atoms. The summed E-state index contributed by atoms with van der Waals surface area (Å²) in [6, 6.07) is 9.59. The fraction of sp³-hybridized carbons (Fsp3) is 0.176. The lowest BCUT2D eigenvalue weighted by Gasteiger charge is -2.12. The number of rotatable bonds is 5. The minimum Gasteiger partial charge on any atom is -0.383 e. The van der Waals surface area contributed by atoms with Crippen LogP contribution in [0.3, 0.4) is 0 Å². The van der Waals surface area contributed by atoms with Crippen LogP contribution in [0, 0.1) is 5.95 Å². The Hall–Kier alpha value is -2.90. The summed E-state index contributed by atoms with van der Waals surface area (Å²) in [6.45, 7) is 0.930. The van der Waals surface area contributed by atoms with Gasteiger partial charge in [0.05, 0.1) is 11.1 Å². The van der Waals surface area contributed by atoms with Crippen molar-refractivity contribution in [3.63, 3.8) is 0 Å². The first kappa shape index (κ1) is 16.9. The van der Waals surface area contributed by atoms with Gasteiger partial charge in [0.2, 0.25) is 5.95 Å². The third-order valence-corrected chi connectivity index (χ3v) is 3.53. The first-order chi connectivity index (χ1) is 11.9. The molecular weight excluding hydrogens is 336 g/mol. The molecule has 8 heteroatoms. The highest BCUT2D eigenvalue weighted by Crippen LogP contribution is 2.32. The number of fused-ring (bicyclic) bond motifs is 1. The van der Waals surface area contributed by atoms with E-state index in [1.807, 2.05) is 0 Å². The summed E-state index contributed by atoms with van der Waals surface area (Å²) >= 11 is 0. The highest BCUT2D eigenvalue weighted by Gasteiger charge is 2.30. The standard InChI is InChI=1S/C17H14F4N4/c18-15-2-1-3-16(25-15)24-9-8-23-13-6-7-22-14-10-11(17(19,20)21)4-5-12(13)14/h1-7,10H,8-9H2,(H,22,23)(H,24,25). The summed E-state index contributed by atoms with van der Waals surface area (Å²) in [7, 11) is 0. The zero-order chi connectivity index (χ0) is 17.9. The van der Waals surface area contributed by atoms with Crippen LogP contribution in [-0.4, -0.2) is 23.1 Å². The third-order valence-electron chi connectivity index (χ3n) is 3.53. The van der Waals surface area contributed by atoms with Crippen LogP contribution in [0.4, 0.5) is 29.1 Å². The summed E-state index contributed by atoms with van der Waals surface area (Å²) in [6.07, 6.45) is -2.95. The predicted molar refractivity (Wildman–Crippen MR) is 87.9 cm³/mol. The maximum Gasteiger partial charge on any atom is 0.416 e. The van der Waals surface area contributed by atoms with Gasteiger partial charge in [-0.3, -0.25) is 4.98 Å². The van der Waals surface area contributed by atoms with E-state index in [0.29, 0.717) is 30.0 Å². The van der Waals surface area contributed by atoms with E-state index in [1.54, 1.807) is 18.2 Å². The molecule has 2 aromatic heterocycles. The Bertz CT molecular complexity index is 880. The molecule has 4 nitrogen and oxygen atoms in total. The van der Waals surface area contributed by atoms with Crippen molar-refractivity contribution in [1.29, 1.82) is 0 Å². The summed E-state index contributed by atoms with van der Waals surface area (Å²) in [4.78, 5) is 7.67. The highest BCUT2D eigenvalue weighted by molar-refractivity contribution is 5.91. The quantitative estimate of drug-likeness (QED) is 0.409. The topological polar surface area (TPSA) is 49.8 Å². The normalized spacial score (nSPS) is 11.5. The summed E-state index contributed by atoms with van der Waals surface area (Å²) in [5.74, 6) is -0.158. The summed E-state index contributed by atoms with van der Waals surface area (Å²) in [5.41, 5.74) is 0.204. The molecule has 1 aromatic carbocycles. The van der Waals surface area contributed by atoms with Gasteiger partial charge in [0.25, 0.3) is 0 Å². The van der Waals surface area contributed by atoms with E-state index < -0.39 is 17.7 Å². The number of pyridine rings is 2. The largest absolute Gasteiger partial charge is 0.416 e. The van der Waals surface area contributed by atoms with Crippen molar-refractivity contribution in [1.82, 2.24) is 9.97 Å². The number of anilines is 2. The minimum atomic E-state index is -4.40. The highest BCUT2D eigenvalue weighted by atomic mass is 19.4. The number of alkyl halides is 3. The lowest BCUT2D eigenvalue weighted by Crippen LogP contribution is -2.14. The van der Waals surface area contributed by atoms with Gasteiger partial charge in [0.15, 0.2) is 0 Å². The van der Waals surface area contributed by atoms with Gasteiger partial charge in [0, 0.05) is 30.4 Å². The second-order valence-electron chi connectivity index (χ2n) is 5.29. The van der Waals surface area contributed by atoms with Crippen molar-refractivity contribution in [2.45, 2.75) is 6.18 Å². The molecule has 0 radical (unpaired) electrons. The zero-order valence-corrected chi connectivity index (χ0v) is 12.9. The number of halogens is 4. The Morgan fingerprint density at radius 3 is 2.52 bits per heavy atom. The zero-order valence-electron chi connectivity index (χ0n) is 12.9. The van der Waals surface area contributed by atoms with Crippen LogP contribution in [0.1, 0.15) is 5.56 Å². The predicted octanol–water partition coefficient (Wildman–Crippen LogP) is 4.31. The van der Waals surface area contributed by atoms with E-state index >= 15 is 0 Å². The average Bonchev–Trinajstić information content (AvgIpc) is 2.57. The van der Waals surface area contributed by atoms with Gasteiger partial charge < -0.3 is 10.6 Å². The van der Waals surface area contributed by atoms with E-state index in [9.17, 15) is 17.6 Å². The van der Waals surface area contributed by atoms with Crippen molar-refractivity contribution in [3.8, 4) is 0 Å². The second-order valence-corrected chi connectivity index (χ2v) is 5.29. The number of hydrogen-bond donors (Lipinski definition) is 2. The van der Waals surface area contributed by atoms with Gasteiger partial charge in [-0.2, -0.15) is 17.6 Å². The molecule has 0 saturated carbocycles. The van der Waals surface area contributed by atoms with Gasteiger partial charge in [-0.05, 0) is 30.3 Å². The SMILES string of the molecule is Fc1cccc(NCCNc2ccnc3cc(C(F)(F)F)ccc23)n1. The van der Waals surface area contributed by atoms with Crippen LogP contribution in [0.15, 0.2) is 48.7 Å². The molecule has 130 valence electrons. The molecule has 2 N–H and O–H groups in total. The Morgan fingerprint density at radius 1 is 0.960 bits per heavy atom. The number of hydrogen-bond acceptors (Lipinski definition) is 4. The van der Waals surface area contributed by atoms with E-state index in [1.165, 1.54) is 18.3 Å². The third kappa shape index (κ3) is 4.14. The van der Waals surface area contributed by atoms with Gasteiger partial charge in [-0.25, -0.2) is 4.98 Å². The second kappa shape index (κ2) is 6.92. The van der Waals surface area contributed by atoms with Crippen LogP contribution in [0.2, 0.25) is 0 Å². The van der Waals surface area contributed by atoms with Crippen molar-refractivity contribution < 1.29 is 17.6 Å². The molecule has 0 aliphatic heterocycles. The molecule has 0 fully saturated rings. The fourth-order valence-electron chi connectivity index (χ4n) is 2.37. The van der Waals surface area contributed by atoms with Gasteiger partial charge in [-0.15, -0.1) is 0 Å². The van der Waals surface area contributed by atoms with Crippen LogP contribution >= 0.6 is 0 Å². The Morgan fingerprint density at radius 2 is 1.76 bits per heavy atom. The molecule has 3 rings (SSSR count). The lowest BCUT2D eigenvalue weighted by molar-refractivity contribution is -0.137. The van der Waals surface area contributed by atoms with Crippen molar-refractivity contribution in [3.05, 3.63) is 60.2 Å². The number of benzene rings is 1. The van der Waals surface area contributed by atoms with E-state index in [-0.39, 0.29) is 5.52 Å². The molecule has 0 spiro atoms. The van der Waals surface area contributed by atoms with Crippen LogP contribution in [0.5, 0.6) is 0 Å². The molecular formula is C17H14F4N4. The van der Waals surface area contributed by atoms with E-state index in [4.69, 9.17) is 0 Å². The van der Waals surface area contributed by atoms with Crippen molar-refractivity contribution in [2.75, 3.05) is 23.7 Å². The van der Waals surface area contributed by atoms with Crippen LogP contribution in [0.25, 0.3) is 10.9 Å². The van der Waals surface area contributed by atoms with Gasteiger partial charge >= 0.3 is 6.18 Å². The Balaban J connectivity index is 1.67. The lowest BCUT2D eigenvalue weighted by atomic mass is 10.1. The van der Waals surface area contributed by atoms with Crippen LogP contribution < -0.4 is 10.6 Å². The fourth-order valence-corrected chi connectivity index (χ4v) is 2.37. The smallest absolute Gasteiger partial charge is 0.383 e.